The van der Waals surface area contributed by atoms with Crippen LogP contribution in [0, 0.1) is 0 Å². The minimum Gasteiger partial charge on any atom is -0.463 e. The highest BCUT2D eigenvalue weighted by Gasteiger charge is 2.30. The third-order valence-corrected chi connectivity index (χ3v) is 3.74. The summed E-state index contributed by atoms with van der Waals surface area (Å²) in [5.74, 6) is 6.73. The molecular formula is C16H18N3O2+. The molecule has 1 heterocycles. The van der Waals surface area contributed by atoms with Gasteiger partial charge in [-0.15, -0.1) is 0 Å². The van der Waals surface area contributed by atoms with Crippen molar-refractivity contribution in [2.45, 2.75) is 13.8 Å². The van der Waals surface area contributed by atoms with Crippen molar-refractivity contribution in [3.05, 3.63) is 36.4 Å². The van der Waals surface area contributed by atoms with Gasteiger partial charge < -0.3 is 4.74 Å². The SMILES string of the molecule is CCOC(=O)C[N+]1=C(C)N(N)c2cccc3cccc1c23. The lowest BCUT2D eigenvalue weighted by atomic mass is 10.0. The Morgan fingerprint density at radius 3 is 2.71 bits per heavy atom. The number of carbonyl (C=O) groups is 1. The molecule has 0 saturated heterocycles. The van der Waals surface area contributed by atoms with Crippen molar-refractivity contribution in [3.63, 3.8) is 0 Å². The van der Waals surface area contributed by atoms with E-state index < -0.39 is 0 Å². The number of rotatable bonds is 3. The summed E-state index contributed by atoms with van der Waals surface area (Å²) < 4.78 is 6.95. The number of hydrogen-bond acceptors (Lipinski definition) is 4. The van der Waals surface area contributed by atoms with Gasteiger partial charge in [-0.3, -0.25) is 0 Å². The first-order chi connectivity index (χ1) is 10.1. The van der Waals surface area contributed by atoms with Gasteiger partial charge in [0.05, 0.1) is 12.0 Å². The molecule has 0 amide bonds. The fraction of sp³-hybridized carbons (Fsp3) is 0.250. The van der Waals surface area contributed by atoms with Gasteiger partial charge in [0.2, 0.25) is 0 Å². The molecule has 0 unspecified atom stereocenters. The number of benzene rings is 2. The summed E-state index contributed by atoms with van der Waals surface area (Å²) in [5.41, 5.74) is 1.93. The second kappa shape index (κ2) is 5.18. The fourth-order valence-electron chi connectivity index (χ4n) is 2.74. The average molecular weight is 284 g/mol. The normalized spacial score (nSPS) is 13.8. The van der Waals surface area contributed by atoms with Gasteiger partial charge in [0.15, 0.2) is 12.2 Å². The van der Waals surface area contributed by atoms with Crippen molar-refractivity contribution in [1.82, 2.24) is 0 Å². The second-order valence-electron chi connectivity index (χ2n) is 4.96. The zero-order valence-electron chi connectivity index (χ0n) is 12.2. The van der Waals surface area contributed by atoms with Gasteiger partial charge in [-0.2, -0.15) is 10.9 Å². The summed E-state index contributed by atoms with van der Waals surface area (Å²) in [4.78, 5) is 11.9. The van der Waals surface area contributed by atoms with E-state index in [9.17, 15) is 4.79 Å². The lowest BCUT2D eigenvalue weighted by molar-refractivity contribution is -0.432. The molecule has 5 nitrogen and oxygen atoms in total. The predicted octanol–water partition coefficient (Wildman–Crippen LogP) is 2.16. The molecule has 0 fully saturated rings. The van der Waals surface area contributed by atoms with Crippen molar-refractivity contribution in [1.29, 1.82) is 0 Å². The van der Waals surface area contributed by atoms with Gasteiger partial charge in [0.25, 0.3) is 5.84 Å². The van der Waals surface area contributed by atoms with E-state index in [-0.39, 0.29) is 12.5 Å². The monoisotopic (exact) mass is 284 g/mol. The van der Waals surface area contributed by atoms with Gasteiger partial charge in [0.1, 0.15) is 5.69 Å². The zero-order chi connectivity index (χ0) is 15.0. The minimum absolute atomic E-state index is 0.154. The van der Waals surface area contributed by atoms with E-state index in [0.717, 1.165) is 28.0 Å². The molecule has 2 N–H and O–H groups in total. The smallest absolute Gasteiger partial charge is 0.348 e. The summed E-state index contributed by atoms with van der Waals surface area (Å²) in [5, 5.41) is 3.77. The highest BCUT2D eigenvalue weighted by atomic mass is 16.5. The van der Waals surface area contributed by atoms with E-state index in [1.807, 2.05) is 47.9 Å². The van der Waals surface area contributed by atoms with Gasteiger partial charge in [-0.25, -0.2) is 9.37 Å². The Labute approximate surface area is 123 Å². The Morgan fingerprint density at radius 2 is 2.00 bits per heavy atom. The Hall–Kier alpha value is -2.40. The summed E-state index contributed by atoms with van der Waals surface area (Å²) in [7, 11) is 0. The molecule has 3 rings (SSSR count). The first kappa shape index (κ1) is 13.6. The lowest BCUT2D eigenvalue weighted by Crippen LogP contribution is -2.44. The van der Waals surface area contributed by atoms with Crippen LogP contribution in [0.2, 0.25) is 0 Å². The summed E-state index contributed by atoms with van der Waals surface area (Å²) in [6.07, 6.45) is 0. The topological polar surface area (TPSA) is 58.6 Å². The third kappa shape index (κ3) is 2.15. The molecule has 0 spiro atoms. The Balaban J connectivity index is 2.17. The van der Waals surface area contributed by atoms with Gasteiger partial charge in [-0.1, -0.05) is 24.3 Å². The zero-order valence-corrected chi connectivity index (χ0v) is 12.2. The quantitative estimate of drug-likeness (QED) is 0.533. The van der Waals surface area contributed by atoms with E-state index in [1.165, 1.54) is 0 Å². The highest BCUT2D eigenvalue weighted by Crippen LogP contribution is 2.36. The summed E-state index contributed by atoms with van der Waals surface area (Å²) in [6, 6.07) is 12.0. The van der Waals surface area contributed by atoms with Crippen LogP contribution in [-0.2, 0) is 9.53 Å². The van der Waals surface area contributed by atoms with Gasteiger partial charge in [-0.05, 0) is 24.4 Å². The number of ether oxygens (including phenoxy) is 1. The van der Waals surface area contributed by atoms with Crippen LogP contribution >= 0.6 is 0 Å². The molecule has 0 radical (unpaired) electrons. The molecule has 0 aliphatic carbocycles. The number of carbonyl (C=O) groups excluding carboxylic acids is 1. The number of nitrogens with two attached hydrogens (primary N) is 1. The van der Waals surface area contributed by atoms with Crippen molar-refractivity contribution in [2.75, 3.05) is 18.2 Å². The molecule has 0 bridgehead atoms. The van der Waals surface area contributed by atoms with Gasteiger partial charge in [0, 0.05) is 6.92 Å². The van der Waals surface area contributed by atoms with Crippen LogP contribution in [0.25, 0.3) is 10.8 Å². The highest BCUT2D eigenvalue weighted by molar-refractivity contribution is 6.10. The maximum atomic E-state index is 11.9. The Morgan fingerprint density at radius 1 is 1.29 bits per heavy atom. The van der Waals surface area contributed by atoms with Crippen LogP contribution < -0.4 is 10.9 Å². The summed E-state index contributed by atoms with van der Waals surface area (Å²) >= 11 is 0. The fourth-order valence-corrected chi connectivity index (χ4v) is 2.74. The van der Waals surface area contributed by atoms with Gasteiger partial charge >= 0.3 is 5.97 Å². The molecule has 2 aromatic rings. The Kier molecular flexibility index (Phi) is 3.35. The molecule has 108 valence electrons. The van der Waals surface area contributed by atoms with Crippen molar-refractivity contribution < 1.29 is 14.1 Å². The minimum atomic E-state index is -0.262. The first-order valence-corrected chi connectivity index (χ1v) is 6.96. The maximum absolute atomic E-state index is 11.9. The molecule has 0 saturated carbocycles. The standard InChI is InChI=1S/C16H18N3O2/c1-3-21-15(20)10-18-11(2)19(17)14-9-5-7-12-6-4-8-13(18)16(12)14/h4-9H,3,10,17H2,1-2H3/q+1. The van der Waals surface area contributed by atoms with E-state index >= 15 is 0 Å². The molecule has 1 aliphatic heterocycles. The molecule has 5 heteroatoms. The molecule has 1 aliphatic rings. The summed E-state index contributed by atoms with van der Waals surface area (Å²) in [6.45, 7) is 4.23. The van der Waals surface area contributed by atoms with E-state index in [1.54, 1.807) is 11.9 Å². The molecule has 0 atom stereocenters. The van der Waals surface area contributed by atoms with Crippen LogP contribution in [0.1, 0.15) is 13.8 Å². The number of amidine groups is 1. The maximum Gasteiger partial charge on any atom is 0.348 e. The van der Waals surface area contributed by atoms with Crippen LogP contribution in [0.5, 0.6) is 0 Å². The third-order valence-electron chi connectivity index (χ3n) is 3.74. The number of nitrogens with zero attached hydrogens (tertiary/aromatic N) is 2. The first-order valence-electron chi connectivity index (χ1n) is 6.96. The Bertz CT molecular complexity index is 747. The van der Waals surface area contributed by atoms with Crippen molar-refractivity contribution >= 4 is 34.0 Å². The predicted molar refractivity (Wildman–Crippen MR) is 82.7 cm³/mol. The number of hydrogen-bond donors (Lipinski definition) is 1. The molecule has 21 heavy (non-hydrogen) atoms. The average Bonchev–Trinajstić information content (AvgIpc) is 2.49. The molecule has 2 aromatic carbocycles. The second-order valence-corrected chi connectivity index (χ2v) is 4.96. The van der Waals surface area contributed by atoms with E-state index in [2.05, 4.69) is 0 Å². The van der Waals surface area contributed by atoms with Crippen LogP contribution in [-0.4, -0.2) is 29.5 Å². The lowest BCUT2D eigenvalue weighted by Gasteiger charge is -2.23. The van der Waals surface area contributed by atoms with Crippen LogP contribution in [0.4, 0.5) is 11.4 Å². The number of anilines is 1. The van der Waals surface area contributed by atoms with E-state index in [4.69, 9.17) is 10.6 Å². The largest absolute Gasteiger partial charge is 0.463 e. The number of hydrazine groups is 1. The van der Waals surface area contributed by atoms with Crippen molar-refractivity contribution in [2.24, 2.45) is 5.84 Å². The van der Waals surface area contributed by atoms with Crippen molar-refractivity contribution in [3.8, 4) is 0 Å². The van der Waals surface area contributed by atoms with Crippen LogP contribution in [0.15, 0.2) is 36.4 Å². The molecule has 0 aromatic heterocycles. The van der Waals surface area contributed by atoms with E-state index in [0.29, 0.717) is 6.61 Å². The van der Waals surface area contributed by atoms with Crippen LogP contribution in [0.3, 0.4) is 0 Å². The number of esters is 1. The molecular weight excluding hydrogens is 266 g/mol.